The Morgan fingerprint density at radius 1 is 0.688 bits per heavy atom. The van der Waals surface area contributed by atoms with Crippen LogP contribution in [0.1, 0.15) is 135 Å². The van der Waals surface area contributed by atoms with Gasteiger partial charge in [-0.3, -0.25) is 0 Å². The highest BCUT2D eigenvalue weighted by Crippen LogP contribution is 2.18. The second-order valence-electron chi connectivity index (χ2n) is 10.0. The Labute approximate surface area is 199 Å². The zero-order chi connectivity index (χ0) is 22.9. The standard InChI is InChI=1S/C30H51N2/c1-4-5-6-7-8-9-10-11-12-13-14-15-16-17-18-19-22-29-23-20-21-24-30(29)32-26-25-31(27-32)28(2)3/h20-21,23-28H,4-19,22H2,1-3H3/q+1. The monoisotopic (exact) mass is 439 g/mol. The molecule has 1 aromatic carbocycles. The molecule has 0 atom stereocenters. The van der Waals surface area contributed by atoms with Crippen LogP contribution in [0.15, 0.2) is 43.0 Å². The molecule has 0 N–H and O–H groups in total. The van der Waals surface area contributed by atoms with Crippen LogP contribution in [-0.4, -0.2) is 4.57 Å². The predicted molar refractivity (Wildman–Crippen MR) is 140 cm³/mol. The largest absolute Gasteiger partial charge is 0.249 e. The summed E-state index contributed by atoms with van der Waals surface area (Å²) in [4.78, 5) is 0. The van der Waals surface area contributed by atoms with Gasteiger partial charge in [0.15, 0.2) is 0 Å². The van der Waals surface area contributed by atoms with Gasteiger partial charge in [-0.1, -0.05) is 121 Å². The van der Waals surface area contributed by atoms with Crippen LogP contribution in [0.2, 0.25) is 0 Å². The molecule has 180 valence electrons. The van der Waals surface area contributed by atoms with Gasteiger partial charge in [0, 0.05) is 0 Å². The summed E-state index contributed by atoms with van der Waals surface area (Å²) in [6.45, 7) is 6.76. The number of nitrogens with zero attached hydrogens (tertiary/aromatic N) is 2. The molecule has 2 heteroatoms. The number of hydrogen-bond donors (Lipinski definition) is 0. The molecule has 2 rings (SSSR count). The molecule has 2 nitrogen and oxygen atoms in total. The van der Waals surface area contributed by atoms with Crippen LogP contribution in [0.3, 0.4) is 0 Å². The van der Waals surface area contributed by atoms with Crippen molar-refractivity contribution in [3.05, 3.63) is 48.5 Å². The molecular weight excluding hydrogens is 388 g/mol. The van der Waals surface area contributed by atoms with Crippen molar-refractivity contribution >= 4 is 0 Å². The summed E-state index contributed by atoms with van der Waals surface area (Å²) in [6.07, 6.45) is 30.6. The molecule has 0 fully saturated rings. The molecule has 32 heavy (non-hydrogen) atoms. The summed E-state index contributed by atoms with van der Waals surface area (Å²) in [5.74, 6) is 0. The maximum absolute atomic E-state index is 2.31. The molecule has 1 aromatic heterocycles. The Balaban J connectivity index is 1.48. The highest BCUT2D eigenvalue weighted by Gasteiger charge is 2.12. The molecule has 0 aliphatic carbocycles. The van der Waals surface area contributed by atoms with Crippen molar-refractivity contribution in [1.29, 1.82) is 0 Å². The van der Waals surface area contributed by atoms with Gasteiger partial charge in [0.25, 0.3) is 0 Å². The van der Waals surface area contributed by atoms with E-state index >= 15 is 0 Å². The smallest absolute Gasteiger partial charge is 0.234 e. The number of hydrogen-bond acceptors (Lipinski definition) is 0. The van der Waals surface area contributed by atoms with Gasteiger partial charge in [-0.25, -0.2) is 9.13 Å². The number of imidazole rings is 1. The number of unbranched alkanes of at least 4 members (excludes halogenated alkanes) is 15. The van der Waals surface area contributed by atoms with E-state index in [2.05, 4.69) is 72.9 Å². The summed E-state index contributed by atoms with van der Waals surface area (Å²) in [5, 5.41) is 0. The van der Waals surface area contributed by atoms with Crippen molar-refractivity contribution in [2.24, 2.45) is 0 Å². The third kappa shape index (κ3) is 10.8. The lowest BCUT2D eigenvalue weighted by Crippen LogP contribution is -2.33. The molecular formula is C30H51N2+. The first-order chi connectivity index (χ1) is 15.7. The summed E-state index contributed by atoms with van der Waals surface area (Å²) in [6, 6.07) is 9.41. The molecule has 1 heterocycles. The van der Waals surface area contributed by atoms with Gasteiger partial charge in [-0.05, 0) is 38.3 Å². The van der Waals surface area contributed by atoms with E-state index in [1.807, 2.05) is 0 Å². The zero-order valence-corrected chi connectivity index (χ0v) is 21.5. The van der Waals surface area contributed by atoms with Gasteiger partial charge < -0.3 is 0 Å². The number of aryl methyl sites for hydroxylation is 1. The predicted octanol–water partition coefficient (Wildman–Crippen LogP) is 9.15. The molecule has 0 saturated carbocycles. The molecule has 0 aliphatic heterocycles. The van der Waals surface area contributed by atoms with Crippen molar-refractivity contribution in [2.75, 3.05) is 0 Å². The highest BCUT2D eigenvalue weighted by molar-refractivity contribution is 5.40. The van der Waals surface area contributed by atoms with Gasteiger partial charge in [-0.15, -0.1) is 0 Å². The third-order valence-corrected chi connectivity index (χ3v) is 6.82. The second kappa shape index (κ2) is 17.0. The fraction of sp³-hybridized carbons (Fsp3) is 0.700. The lowest BCUT2D eigenvalue weighted by Gasteiger charge is -2.07. The average Bonchev–Trinajstić information content (AvgIpc) is 3.30. The van der Waals surface area contributed by atoms with Crippen molar-refractivity contribution < 1.29 is 4.57 Å². The SMILES string of the molecule is CCCCCCCCCCCCCCCCCCc1ccccc1-n1cc[n+](C(C)C)c1. The van der Waals surface area contributed by atoms with Crippen LogP contribution in [0.5, 0.6) is 0 Å². The Bertz CT molecular complexity index is 700. The van der Waals surface area contributed by atoms with E-state index in [4.69, 9.17) is 0 Å². The lowest BCUT2D eigenvalue weighted by molar-refractivity contribution is -0.715. The minimum atomic E-state index is 0.503. The van der Waals surface area contributed by atoms with Gasteiger partial charge in [0.2, 0.25) is 6.33 Å². The Hall–Kier alpha value is -1.57. The van der Waals surface area contributed by atoms with Gasteiger partial charge >= 0.3 is 0 Å². The van der Waals surface area contributed by atoms with Gasteiger partial charge in [0.1, 0.15) is 18.1 Å². The summed E-state index contributed by atoms with van der Waals surface area (Å²) < 4.78 is 4.55. The van der Waals surface area contributed by atoms with Crippen LogP contribution < -0.4 is 4.57 Å². The maximum atomic E-state index is 2.31. The Morgan fingerprint density at radius 2 is 1.19 bits per heavy atom. The first-order valence-electron chi connectivity index (χ1n) is 13.9. The van der Waals surface area contributed by atoms with Crippen LogP contribution in [-0.2, 0) is 6.42 Å². The minimum absolute atomic E-state index is 0.503. The quantitative estimate of drug-likeness (QED) is 0.152. The van der Waals surface area contributed by atoms with E-state index in [1.165, 1.54) is 120 Å². The van der Waals surface area contributed by atoms with E-state index in [9.17, 15) is 0 Å². The molecule has 0 spiro atoms. The number of rotatable bonds is 19. The first-order valence-corrected chi connectivity index (χ1v) is 13.9. The fourth-order valence-electron chi connectivity index (χ4n) is 4.66. The van der Waals surface area contributed by atoms with Crippen molar-refractivity contribution in [1.82, 2.24) is 4.57 Å². The third-order valence-electron chi connectivity index (χ3n) is 6.82. The average molecular weight is 440 g/mol. The van der Waals surface area contributed by atoms with Crippen LogP contribution in [0.25, 0.3) is 5.69 Å². The van der Waals surface area contributed by atoms with E-state index < -0.39 is 0 Å². The number of para-hydroxylation sites is 1. The Morgan fingerprint density at radius 3 is 1.69 bits per heavy atom. The second-order valence-corrected chi connectivity index (χ2v) is 10.0. The minimum Gasteiger partial charge on any atom is -0.234 e. The van der Waals surface area contributed by atoms with Crippen molar-refractivity contribution in [2.45, 2.75) is 136 Å². The highest BCUT2D eigenvalue weighted by atomic mass is 15.1. The maximum Gasteiger partial charge on any atom is 0.249 e. The lowest BCUT2D eigenvalue weighted by atomic mass is 10.0. The van der Waals surface area contributed by atoms with Crippen LogP contribution in [0, 0.1) is 0 Å². The summed E-state index contributed by atoms with van der Waals surface area (Å²) in [5.41, 5.74) is 2.82. The molecule has 2 aromatic rings. The first kappa shape index (κ1) is 26.7. The van der Waals surface area contributed by atoms with Crippen LogP contribution >= 0.6 is 0 Å². The van der Waals surface area contributed by atoms with Crippen LogP contribution in [0.4, 0.5) is 0 Å². The van der Waals surface area contributed by atoms with Crippen molar-refractivity contribution in [3.8, 4) is 5.69 Å². The zero-order valence-electron chi connectivity index (χ0n) is 21.5. The Kier molecular flexibility index (Phi) is 14.2. The van der Waals surface area contributed by atoms with Gasteiger partial charge in [-0.2, -0.15) is 0 Å². The van der Waals surface area contributed by atoms with E-state index in [1.54, 1.807) is 0 Å². The fourth-order valence-corrected chi connectivity index (χ4v) is 4.66. The van der Waals surface area contributed by atoms with E-state index in [-0.39, 0.29) is 0 Å². The van der Waals surface area contributed by atoms with Gasteiger partial charge in [0.05, 0.1) is 6.04 Å². The van der Waals surface area contributed by atoms with E-state index in [0.717, 1.165) is 0 Å². The summed E-state index contributed by atoms with van der Waals surface area (Å²) >= 11 is 0. The molecule has 0 radical (unpaired) electrons. The molecule has 0 amide bonds. The summed E-state index contributed by atoms with van der Waals surface area (Å²) in [7, 11) is 0. The molecule has 0 saturated heterocycles. The number of aromatic nitrogens is 2. The molecule has 0 bridgehead atoms. The topological polar surface area (TPSA) is 8.81 Å². The molecule has 0 unspecified atom stereocenters. The van der Waals surface area contributed by atoms with E-state index in [0.29, 0.717) is 6.04 Å². The number of benzene rings is 1. The normalized spacial score (nSPS) is 11.5. The van der Waals surface area contributed by atoms with Crippen molar-refractivity contribution in [3.63, 3.8) is 0 Å². The molecule has 0 aliphatic rings.